The first-order chi connectivity index (χ1) is 28.7. The van der Waals surface area contributed by atoms with Crippen LogP contribution in [0.5, 0.6) is 0 Å². The van der Waals surface area contributed by atoms with Crippen LogP contribution in [0.1, 0.15) is 0 Å². The van der Waals surface area contributed by atoms with Crippen molar-refractivity contribution in [3.63, 3.8) is 0 Å². The molecule has 0 N–H and O–H groups in total. The summed E-state index contributed by atoms with van der Waals surface area (Å²) < 4.78 is 3.67. The normalized spacial score (nSPS) is 11.4. The maximum atomic E-state index is 5.25. The smallest absolute Gasteiger partial charge is 0.160 e. The van der Waals surface area contributed by atoms with E-state index in [1.165, 1.54) is 37.0 Å². The Morgan fingerprint density at radius 3 is 1.84 bits per heavy atom. The van der Waals surface area contributed by atoms with E-state index in [4.69, 9.17) is 9.97 Å². The van der Waals surface area contributed by atoms with Crippen LogP contribution in [0.3, 0.4) is 0 Å². The van der Waals surface area contributed by atoms with Gasteiger partial charge >= 0.3 is 0 Å². The average molecular weight is 758 g/mol. The molecule has 0 spiro atoms. The van der Waals surface area contributed by atoms with E-state index >= 15 is 0 Å². The van der Waals surface area contributed by atoms with Crippen molar-refractivity contribution in [3.8, 4) is 72.3 Å². The molecule has 0 atom stereocenters. The standard InChI is InChI=1S/C54H35N3S/c1-3-14-36(15-4-1)39-18-13-19-42(30-39)53-47-22-9-10-23-48(47)55-54(56-53)38-28-26-37(27-29-38)43-31-44(33-45(32-43)52-35-41-17-8-12-25-51(41)58-52)50-34-40-16-7-11-24-49(40)57(50)46-20-5-2-6-21-46/h1-35H. The molecule has 0 radical (unpaired) electrons. The Morgan fingerprint density at radius 2 is 1.00 bits per heavy atom. The Kier molecular flexibility index (Phi) is 8.34. The zero-order valence-corrected chi connectivity index (χ0v) is 32.3. The molecule has 272 valence electrons. The molecule has 58 heavy (non-hydrogen) atoms. The van der Waals surface area contributed by atoms with Crippen LogP contribution in [0.4, 0.5) is 0 Å². The fraction of sp³-hybridized carbons (Fsp3) is 0. The van der Waals surface area contributed by atoms with Gasteiger partial charge in [0.25, 0.3) is 0 Å². The van der Waals surface area contributed by atoms with Crippen LogP contribution in [0.2, 0.25) is 0 Å². The molecule has 11 aromatic rings. The summed E-state index contributed by atoms with van der Waals surface area (Å²) in [5, 5.41) is 3.51. The summed E-state index contributed by atoms with van der Waals surface area (Å²) in [5.74, 6) is 0.706. The molecule has 0 saturated heterocycles. The molecule has 0 amide bonds. The minimum absolute atomic E-state index is 0.706. The third-order valence-corrected chi connectivity index (χ3v) is 12.2. The second-order valence-corrected chi connectivity index (χ2v) is 15.7. The van der Waals surface area contributed by atoms with Gasteiger partial charge in [-0.25, -0.2) is 9.97 Å². The molecule has 0 bridgehead atoms. The SMILES string of the molecule is c1ccc(-c2cccc(-c3nc(-c4ccc(-c5cc(-c6cc7ccccc7s6)cc(-c6cc7ccccc7n6-c6ccccc6)c5)cc4)nc4ccccc34)c2)cc1. The largest absolute Gasteiger partial charge is 0.309 e. The molecule has 0 aliphatic heterocycles. The lowest BCUT2D eigenvalue weighted by Crippen LogP contribution is -1.97. The Balaban J connectivity index is 1.04. The summed E-state index contributed by atoms with van der Waals surface area (Å²) in [4.78, 5) is 11.6. The molecule has 3 nitrogen and oxygen atoms in total. The Bertz CT molecular complexity index is 3240. The molecule has 8 aromatic carbocycles. The lowest BCUT2D eigenvalue weighted by atomic mass is 9.96. The minimum Gasteiger partial charge on any atom is -0.309 e. The third kappa shape index (κ3) is 6.17. The Morgan fingerprint density at radius 1 is 0.379 bits per heavy atom. The van der Waals surface area contributed by atoms with E-state index in [1.807, 2.05) is 17.4 Å². The van der Waals surface area contributed by atoms with Gasteiger partial charge in [0.1, 0.15) is 0 Å². The van der Waals surface area contributed by atoms with E-state index in [0.717, 1.165) is 61.4 Å². The van der Waals surface area contributed by atoms with Crippen LogP contribution in [0.15, 0.2) is 212 Å². The van der Waals surface area contributed by atoms with Crippen molar-refractivity contribution in [2.75, 3.05) is 0 Å². The van der Waals surface area contributed by atoms with Gasteiger partial charge in [0.15, 0.2) is 5.82 Å². The Labute approximate surface area is 340 Å². The van der Waals surface area contributed by atoms with Crippen molar-refractivity contribution in [1.82, 2.24) is 14.5 Å². The van der Waals surface area contributed by atoms with E-state index in [9.17, 15) is 0 Å². The predicted molar refractivity (Wildman–Crippen MR) is 244 cm³/mol. The molecule has 0 aliphatic carbocycles. The van der Waals surface area contributed by atoms with Gasteiger partial charge in [-0.15, -0.1) is 11.3 Å². The van der Waals surface area contributed by atoms with Gasteiger partial charge in [0.2, 0.25) is 0 Å². The predicted octanol–water partition coefficient (Wildman–Crippen LogP) is 14.8. The summed E-state index contributed by atoms with van der Waals surface area (Å²) in [6, 6.07) is 75.8. The number of aromatic nitrogens is 3. The summed E-state index contributed by atoms with van der Waals surface area (Å²) >= 11 is 1.84. The van der Waals surface area contributed by atoms with Crippen molar-refractivity contribution in [2.24, 2.45) is 0 Å². The number of hydrogen-bond acceptors (Lipinski definition) is 3. The lowest BCUT2D eigenvalue weighted by molar-refractivity contribution is 1.13. The molecular formula is C54H35N3S. The van der Waals surface area contributed by atoms with Gasteiger partial charge < -0.3 is 4.57 Å². The maximum absolute atomic E-state index is 5.25. The van der Waals surface area contributed by atoms with Gasteiger partial charge in [-0.2, -0.15) is 0 Å². The van der Waals surface area contributed by atoms with Crippen molar-refractivity contribution < 1.29 is 0 Å². The van der Waals surface area contributed by atoms with E-state index in [0.29, 0.717) is 5.82 Å². The van der Waals surface area contributed by atoms with Crippen LogP contribution < -0.4 is 0 Å². The van der Waals surface area contributed by atoms with E-state index in [-0.39, 0.29) is 0 Å². The second-order valence-electron chi connectivity index (χ2n) is 14.6. The summed E-state index contributed by atoms with van der Waals surface area (Å²) in [7, 11) is 0. The summed E-state index contributed by atoms with van der Waals surface area (Å²) in [6.45, 7) is 0. The second kappa shape index (κ2) is 14.3. The van der Waals surface area contributed by atoms with Crippen LogP contribution in [0.25, 0.3) is 104 Å². The Hall–Kier alpha value is -7.40. The quantitative estimate of drug-likeness (QED) is 0.162. The zero-order chi connectivity index (χ0) is 38.4. The summed E-state index contributed by atoms with van der Waals surface area (Å²) in [6.07, 6.45) is 0. The van der Waals surface area contributed by atoms with Crippen molar-refractivity contribution in [1.29, 1.82) is 0 Å². The first kappa shape index (κ1) is 33.9. The van der Waals surface area contributed by atoms with E-state index in [2.05, 4.69) is 211 Å². The fourth-order valence-electron chi connectivity index (χ4n) is 8.15. The van der Waals surface area contributed by atoms with Crippen LogP contribution in [0, 0.1) is 0 Å². The van der Waals surface area contributed by atoms with Gasteiger partial charge in [-0.3, -0.25) is 0 Å². The number of fused-ring (bicyclic) bond motifs is 3. The van der Waals surface area contributed by atoms with Crippen LogP contribution in [-0.4, -0.2) is 14.5 Å². The monoisotopic (exact) mass is 757 g/mol. The minimum atomic E-state index is 0.706. The van der Waals surface area contributed by atoms with Gasteiger partial charge in [-0.05, 0) is 105 Å². The molecule has 0 fully saturated rings. The number of thiophene rings is 1. The molecule has 0 saturated carbocycles. The highest BCUT2D eigenvalue weighted by atomic mass is 32.1. The first-order valence-electron chi connectivity index (χ1n) is 19.6. The average Bonchev–Trinajstić information content (AvgIpc) is 3.92. The van der Waals surface area contributed by atoms with Crippen molar-refractivity contribution in [2.45, 2.75) is 0 Å². The number of para-hydroxylation sites is 3. The van der Waals surface area contributed by atoms with E-state index in [1.54, 1.807) is 0 Å². The number of rotatable bonds is 7. The molecular weight excluding hydrogens is 723 g/mol. The third-order valence-electron chi connectivity index (χ3n) is 11.0. The molecule has 11 rings (SSSR count). The van der Waals surface area contributed by atoms with Gasteiger partial charge in [0.05, 0.1) is 22.4 Å². The van der Waals surface area contributed by atoms with Crippen molar-refractivity contribution >= 4 is 43.2 Å². The van der Waals surface area contributed by atoms with Gasteiger partial charge in [0, 0.05) is 37.2 Å². The maximum Gasteiger partial charge on any atom is 0.160 e. The molecule has 0 unspecified atom stereocenters. The molecule has 3 heterocycles. The van der Waals surface area contributed by atoms with Crippen molar-refractivity contribution in [3.05, 3.63) is 212 Å². The summed E-state index contributed by atoms with van der Waals surface area (Å²) in [5.41, 5.74) is 14.3. The number of benzene rings is 8. The fourth-order valence-corrected chi connectivity index (χ4v) is 9.20. The first-order valence-corrected chi connectivity index (χ1v) is 20.4. The van der Waals surface area contributed by atoms with E-state index < -0.39 is 0 Å². The lowest BCUT2D eigenvalue weighted by Gasteiger charge is -2.14. The number of hydrogen-bond donors (Lipinski definition) is 0. The highest BCUT2D eigenvalue weighted by Gasteiger charge is 2.17. The number of nitrogens with zero attached hydrogens (tertiary/aromatic N) is 3. The van der Waals surface area contributed by atoms with Crippen LogP contribution >= 0.6 is 11.3 Å². The highest BCUT2D eigenvalue weighted by Crippen LogP contribution is 2.41. The van der Waals surface area contributed by atoms with Crippen LogP contribution in [-0.2, 0) is 0 Å². The zero-order valence-electron chi connectivity index (χ0n) is 31.5. The molecule has 3 aromatic heterocycles. The molecule has 0 aliphatic rings. The molecule has 4 heteroatoms. The topological polar surface area (TPSA) is 30.7 Å². The van der Waals surface area contributed by atoms with Gasteiger partial charge in [-0.1, -0.05) is 146 Å². The highest BCUT2D eigenvalue weighted by molar-refractivity contribution is 7.22.